The molecule has 1 unspecified atom stereocenters. The molecule has 0 saturated carbocycles. The molecule has 2 aromatic rings. The monoisotopic (exact) mass is 312 g/mol. The molecule has 0 bridgehead atoms. The second-order valence-corrected chi connectivity index (χ2v) is 5.81. The number of rotatable bonds is 3. The topological polar surface area (TPSA) is 69.6 Å². The number of amides is 2. The Bertz CT molecular complexity index is 757. The van der Waals surface area contributed by atoms with Crippen LogP contribution in [0.15, 0.2) is 36.4 Å². The number of carbonyl (C=O) groups is 2. The smallest absolute Gasteiger partial charge is 0.258 e. The number of fused-ring (bicyclic) bond motifs is 1. The fourth-order valence-corrected chi connectivity index (χ4v) is 3.12. The SMILES string of the molecule is CCNC(=O)C1CCN(C(=O)c2c(O)ccc3ccccc23)C1. The Balaban J connectivity index is 1.87. The number of nitrogens with zero attached hydrogens (tertiary/aromatic N) is 1. The van der Waals surface area contributed by atoms with E-state index in [0.29, 0.717) is 31.6 Å². The minimum absolute atomic E-state index is 0.00931. The third-order valence-corrected chi connectivity index (χ3v) is 4.32. The van der Waals surface area contributed by atoms with Gasteiger partial charge in [-0.05, 0) is 30.2 Å². The molecule has 1 fully saturated rings. The van der Waals surface area contributed by atoms with Crippen LogP contribution >= 0.6 is 0 Å². The zero-order valence-corrected chi connectivity index (χ0v) is 13.1. The lowest BCUT2D eigenvalue weighted by molar-refractivity contribution is -0.124. The van der Waals surface area contributed by atoms with Crippen LogP contribution in [0.2, 0.25) is 0 Å². The quantitative estimate of drug-likeness (QED) is 0.912. The second kappa shape index (κ2) is 6.28. The third-order valence-electron chi connectivity index (χ3n) is 4.32. The molecule has 2 aromatic carbocycles. The number of hydrogen-bond acceptors (Lipinski definition) is 3. The van der Waals surface area contributed by atoms with Crippen molar-refractivity contribution in [3.63, 3.8) is 0 Å². The molecule has 120 valence electrons. The first kappa shape index (κ1) is 15.3. The van der Waals surface area contributed by atoms with Gasteiger partial charge in [0.1, 0.15) is 5.75 Å². The van der Waals surface area contributed by atoms with E-state index in [1.54, 1.807) is 17.0 Å². The van der Waals surface area contributed by atoms with Crippen molar-refractivity contribution in [2.75, 3.05) is 19.6 Å². The summed E-state index contributed by atoms with van der Waals surface area (Å²) in [7, 11) is 0. The van der Waals surface area contributed by atoms with Crippen LogP contribution in [-0.2, 0) is 4.79 Å². The molecule has 1 aliphatic rings. The molecule has 0 aliphatic carbocycles. The molecule has 23 heavy (non-hydrogen) atoms. The van der Waals surface area contributed by atoms with Crippen LogP contribution in [-0.4, -0.2) is 41.5 Å². The number of carbonyl (C=O) groups excluding carboxylic acids is 2. The number of benzene rings is 2. The van der Waals surface area contributed by atoms with Crippen molar-refractivity contribution in [1.82, 2.24) is 10.2 Å². The molecule has 1 atom stereocenters. The molecule has 1 aliphatic heterocycles. The summed E-state index contributed by atoms with van der Waals surface area (Å²) >= 11 is 0. The summed E-state index contributed by atoms with van der Waals surface area (Å²) in [4.78, 5) is 26.4. The molecular weight excluding hydrogens is 292 g/mol. The summed E-state index contributed by atoms with van der Waals surface area (Å²) in [6.07, 6.45) is 0.656. The molecule has 2 amide bonds. The van der Waals surface area contributed by atoms with E-state index in [2.05, 4.69) is 5.32 Å². The second-order valence-electron chi connectivity index (χ2n) is 5.81. The van der Waals surface area contributed by atoms with Gasteiger partial charge in [0.05, 0.1) is 11.5 Å². The van der Waals surface area contributed by atoms with E-state index in [0.717, 1.165) is 10.8 Å². The standard InChI is InChI=1S/C18H20N2O3/c1-2-19-17(22)13-9-10-20(11-13)18(23)16-14-6-4-3-5-12(14)7-8-15(16)21/h3-8,13,21H,2,9-11H2,1H3,(H,19,22). The van der Waals surface area contributed by atoms with Crippen LogP contribution < -0.4 is 5.32 Å². The Morgan fingerprint density at radius 2 is 2.04 bits per heavy atom. The van der Waals surface area contributed by atoms with Gasteiger partial charge in [-0.15, -0.1) is 0 Å². The lowest BCUT2D eigenvalue weighted by Gasteiger charge is -2.18. The predicted molar refractivity (Wildman–Crippen MR) is 88.3 cm³/mol. The molecule has 5 nitrogen and oxygen atoms in total. The minimum atomic E-state index is -0.217. The zero-order chi connectivity index (χ0) is 16.4. The van der Waals surface area contributed by atoms with Crippen LogP contribution in [0.3, 0.4) is 0 Å². The van der Waals surface area contributed by atoms with Crippen molar-refractivity contribution >= 4 is 22.6 Å². The van der Waals surface area contributed by atoms with Crippen molar-refractivity contribution in [2.45, 2.75) is 13.3 Å². The van der Waals surface area contributed by atoms with Gasteiger partial charge in [0, 0.05) is 19.6 Å². The molecular formula is C18H20N2O3. The number of phenolic OH excluding ortho intramolecular Hbond substituents is 1. The summed E-state index contributed by atoms with van der Waals surface area (Å²) in [5, 5.41) is 14.6. The maximum atomic E-state index is 12.8. The summed E-state index contributed by atoms with van der Waals surface area (Å²) in [6.45, 7) is 3.40. The lowest BCUT2D eigenvalue weighted by Crippen LogP contribution is -2.34. The van der Waals surface area contributed by atoms with E-state index in [-0.39, 0.29) is 23.5 Å². The van der Waals surface area contributed by atoms with Crippen molar-refractivity contribution in [3.05, 3.63) is 42.0 Å². The van der Waals surface area contributed by atoms with Gasteiger partial charge in [-0.2, -0.15) is 0 Å². The number of aromatic hydroxyl groups is 1. The van der Waals surface area contributed by atoms with Crippen LogP contribution in [0.4, 0.5) is 0 Å². The fraction of sp³-hybridized carbons (Fsp3) is 0.333. The van der Waals surface area contributed by atoms with Gasteiger partial charge in [0.2, 0.25) is 5.91 Å². The van der Waals surface area contributed by atoms with E-state index < -0.39 is 0 Å². The average Bonchev–Trinajstić information content (AvgIpc) is 3.04. The molecule has 2 N–H and O–H groups in total. The molecule has 1 heterocycles. The third kappa shape index (κ3) is 2.86. The van der Waals surface area contributed by atoms with Crippen LogP contribution in [0.5, 0.6) is 5.75 Å². The van der Waals surface area contributed by atoms with Gasteiger partial charge in [0.25, 0.3) is 5.91 Å². The number of likely N-dealkylation sites (tertiary alicyclic amines) is 1. The summed E-state index contributed by atoms with van der Waals surface area (Å²) in [5.41, 5.74) is 0.319. The highest BCUT2D eigenvalue weighted by atomic mass is 16.3. The van der Waals surface area contributed by atoms with Gasteiger partial charge >= 0.3 is 0 Å². The normalized spacial score (nSPS) is 17.4. The zero-order valence-electron chi connectivity index (χ0n) is 13.1. The maximum Gasteiger partial charge on any atom is 0.258 e. The molecule has 0 radical (unpaired) electrons. The van der Waals surface area contributed by atoms with E-state index >= 15 is 0 Å². The van der Waals surface area contributed by atoms with Crippen molar-refractivity contribution in [2.24, 2.45) is 5.92 Å². The molecule has 0 spiro atoms. The molecule has 3 rings (SSSR count). The van der Waals surface area contributed by atoms with Gasteiger partial charge < -0.3 is 15.3 Å². The van der Waals surface area contributed by atoms with Crippen molar-refractivity contribution < 1.29 is 14.7 Å². The fourth-order valence-electron chi connectivity index (χ4n) is 3.12. The van der Waals surface area contributed by atoms with Crippen molar-refractivity contribution in [1.29, 1.82) is 0 Å². The number of nitrogens with one attached hydrogen (secondary N) is 1. The van der Waals surface area contributed by atoms with Crippen molar-refractivity contribution in [3.8, 4) is 5.75 Å². The molecule has 5 heteroatoms. The average molecular weight is 312 g/mol. The number of hydrogen-bond donors (Lipinski definition) is 2. The molecule has 1 saturated heterocycles. The first-order chi connectivity index (χ1) is 11.1. The van der Waals surface area contributed by atoms with Gasteiger partial charge in [-0.1, -0.05) is 30.3 Å². The van der Waals surface area contributed by atoms with E-state index in [4.69, 9.17) is 0 Å². The number of phenols is 1. The van der Waals surface area contributed by atoms with Crippen LogP contribution in [0.1, 0.15) is 23.7 Å². The Labute approximate surface area is 134 Å². The summed E-state index contributed by atoms with van der Waals surface area (Å²) in [5.74, 6) is -0.415. The first-order valence-corrected chi connectivity index (χ1v) is 7.89. The van der Waals surface area contributed by atoms with E-state index in [1.807, 2.05) is 31.2 Å². The summed E-state index contributed by atoms with van der Waals surface area (Å²) in [6, 6.07) is 10.8. The van der Waals surface area contributed by atoms with Crippen LogP contribution in [0, 0.1) is 5.92 Å². The largest absolute Gasteiger partial charge is 0.507 e. The van der Waals surface area contributed by atoms with E-state index in [1.165, 1.54) is 0 Å². The van der Waals surface area contributed by atoms with Crippen LogP contribution in [0.25, 0.3) is 10.8 Å². The highest BCUT2D eigenvalue weighted by Gasteiger charge is 2.32. The first-order valence-electron chi connectivity index (χ1n) is 7.89. The van der Waals surface area contributed by atoms with Gasteiger partial charge in [0.15, 0.2) is 0 Å². The summed E-state index contributed by atoms with van der Waals surface area (Å²) < 4.78 is 0. The Kier molecular flexibility index (Phi) is 4.19. The Morgan fingerprint density at radius 3 is 2.83 bits per heavy atom. The minimum Gasteiger partial charge on any atom is -0.507 e. The maximum absolute atomic E-state index is 12.8. The van der Waals surface area contributed by atoms with Gasteiger partial charge in [-0.3, -0.25) is 9.59 Å². The molecule has 0 aromatic heterocycles. The lowest BCUT2D eigenvalue weighted by atomic mass is 10.0. The van der Waals surface area contributed by atoms with Gasteiger partial charge in [-0.25, -0.2) is 0 Å². The Morgan fingerprint density at radius 1 is 1.26 bits per heavy atom. The highest BCUT2D eigenvalue weighted by molar-refractivity contribution is 6.09. The highest BCUT2D eigenvalue weighted by Crippen LogP contribution is 2.30. The Hall–Kier alpha value is -2.56. The van der Waals surface area contributed by atoms with E-state index in [9.17, 15) is 14.7 Å². The predicted octanol–water partition coefficient (Wildman–Crippen LogP) is 2.14.